The number of carboxylic acid groups (broad SMARTS) is 1. The van der Waals surface area contributed by atoms with Crippen molar-refractivity contribution in [3.8, 4) is 0 Å². The van der Waals surface area contributed by atoms with Gasteiger partial charge in [-0.15, -0.1) is 0 Å². The van der Waals surface area contributed by atoms with E-state index in [2.05, 4.69) is 0 Å². The van der Waals surface area contributed by atoms with Gasteiger partial charge in [0.1, 0.15) is 11.7 Å². The molecule has 1 aliphatic rings. The molecular formula is C13H17NO5. The second kappa shape index (κ2) is 5.88. The summed E-state index contributed by atoms with van der Waals surface area (Å²) in [6, 6.07) is 3.20. The fourth-order valence-electron chi connectivity index (χ4n) is 2.21. The number of amides is 1. The molecule has 0 aliphatic carbocycles. The molecule has 2 heterocycles. The fraction of sp³-hybridized carbons (Fsp3) is 0.538. The summed E-state index contributed by atoms with van der Waals surface area (Å²) in [4.78, 5) is 24.6. The zero-order valence-corrected chi connectivity index (χ0v) is 10.7. The Kier molecular flexibility index (Phi) is 4.21. The maximum Gasteiger partial charge on any atom is 0.311 e. The summed E-state index contributed by atoms with van der Waals surface area (Å²) < 4.78 is 10.3. The first kappa shape index (κ1) is 13.6. The van der Waals surface area contributed by atoms with Gasteiger partial charge in [0.25, 0.3) is 0 Å². The van der Waals surface area contributed by atoms with Crippen molar-refractivity contribution in [2.75, 3.05) is 20.3 Å². The van der Waals surface area contributed by atoms with Gasteiger partial charge in [-0.05, 0) is 12.1 Å². The third-order valence-corrected chi connectivity index (χ3v) is 3.42. The molecule has 104 valence electrons. The molecule has 6 heteroatoms. The van der Waals surface area contributed by atoms with Crippen molar-refractivity contribution in [1.82, 2.24) is 4.90 Å². The molecule has 1 fully saturated rings. The highest BCUT2D eigenvalue weighted by Crippen LogP contribution is 2.20. The lowest BCUT2D eigenvalue weighted by Gasteiger charge is -2.26. The Bertz CT molecular complexity index is 442. The maximum atomic E-state index is 12.0. The summed E-state index contributed by atoms with van der Waals surface area (Å²) >= 11 is 0. The molecule has 0 saturated carbocycles. The molecule has 1 N–H and O–H groups in total. The Balaban J connectivity index is 1.89. The first-order valence-electron chi connectivity index (χ1n) is 6.18. The molecule has 1 amide bonds. The molecule has 1 aromatic heterocycles. The lowest BCUT2D eigenvalue weighted by atomic mass is 10.0. The number of nitrogens with zero attached hydrogens (tertiary/aromatic N) is 1. The monoisotopic (exact) mass is 267 g/mol. The molecular weight excluding hydrogens is 250 g/mol. The molecule has 0 aromatic carbocycles. The summed E-state index contributed by atoms with van der Waals surface area (Å²) in [5, 5.41) is 9.06. The van der Waals surface area contributed by atoms with Gasteiger partial charge in [0.2, 0.25) is 5.91 Å². The third-order valence-electron chi connectivity index (χ3n) is 3.42. The Labute approximate surface area is 110 Å². The van der Waals surface area contributed by atoms with Crippen molar-refractivity contribution < 1.29 is 23.8 Å². The van der Waals surface area contributed by atoms with E-state index < -0.39 is 11.9 Å². The summed E-state index contributed by atoms with van der Waals surface area (Å²) in [7, 11) is 1.62. The number of furan rings is 1. The van der Waals surface area contributed by atoms with Crippen LogP contribution >= 0.6 is 0 Å². The van der Waals surface area contributed by atoms with Gasteiger partial charge in [0.15, 0.2) is 0 Å². The largest absolute Gasteiger partial charge is 0.481 e. The van der Waals surface area contributed by atoms with Crippen LogP contribution in [0.5, 0.6) is 0 Å². The summed E-state index contributed by atoms with van der Waals surface area (Å²) in [6.07, 6.45) is 2.38. The van der Waals surface area contributed by atoms with E-state index in [0.29, 0.717) is 12.8 Å². The molecule has 1 aliphatic heterocycles. The highest BCUT2D eigenvalue weighted by atomic mass is 16.5. The van der Waals surface area contributed by atoms with Crippen LogP contribution in [0.4, 0.5) is 0 Å². The summed E-state index contributed by atoms with van der Waals surface area (Å²) in [5.74, 6) is -0.914. The van der Waals surface area contributed by atoms with Gasteiger partial charge in [-0.1, -0.05) is 0 Å². The van der Waals surface area contributed by atoms with E-state index in [9.17, 15) is 9.59 Å². The van der Waals surface area contributed by atoms with Gasteiger partial charge in [-0.3, -0.25) is 9.59 Å². The van der Waals surface area contributed by atoms with Crippen molar-refractivity contribution in [3.05, 3.63) is 24.2 Å². The molecule has 0 radical (unpaired) electrons. The molecule has 0 bridgehead atoms. The number of ether oxygens (including phenoxy) is 1. The van der Waals surface area contributed by atoms with Crippen molar-refractivity contribution in [2.45, 2.75) is 18.9 Å². The number of rotatable bonds is 5. The van der Waals surface area contributed by atoms with Crippen LogP contribution in [0.15, 0.2) is 22.8 Å². The number of carbonyl (C=O) groups excluding carboxylic acids is 1. The van der Waals surface area contributed by atoms with Gasteiger partial charge in [-0.25, -0.2) is 0 Å². The van der Waals surface area contributed by atoms with E-state index in [1.807, 2.05) is 6.07 Å². The van der Waals surface area contributed by atoms with E-state index in [4.69, 9.17) is 14.3 Å². The molecule has 2 unspecified atom stereocenters. The number of carbonyl (C=O) groups is 2. The van der Waals surface area contributed by atoms with Gasteiger partial charge < -0.3 is 19.2 Å². The predicted octanol–water partition coefficient (Wildman–Crippen LogP) is 0.770. The average molecular weight is 267 g/mol. The van der Waals surface area contributed by atoms with E-state index in [0.717, 1.165) is 5.76 Å². The van der Waals surface area contributed by atoms with Crippen molar-refractivity contribution in [1.29, 1.82) is 0 Å². The first-order chi connectivity index (χ1) is 9.09. The second-order valence-electron chi connectivity index (χ2n) is 4.63. The molecule has 0 spiro atoms. The van der Waals surface area contributed by atoms with Crippen LogP contribution in [0.1, 0.15) is 12.2 Å². The Morgan fingerprint density at radius 1 is 1.47 bits per heavy atom. The van der Waals surface area contributed by atoms with E-state index in [1.165, 1.54) is 4.90 Å². The smallest absolute Gasteiger partial charge is 0.311 e. The highest BCUT2D eigenvalue weighted by Gasteiger charge is 2.38. The Morgan fingerprint density at radius 2 is 2.26 bits per heavy atom. The number of aliphatic carboxylic acids is 1. The minimum absolute atomic E-state index is 0.0989. The molecule has 1 saturated heterocycles. The normalized spacial score (nSPS) is 22.4. The van der Waals surface area contributed by atoms with Crippen molar-refractivity contribution in [3.63, 3.8) is 0 Å². The summed E-state index contributed by atoms with van der Waals surface area (Å²) in [6.45, 7) is 0.440. The van der Waals surface area contributed by atoms with Crippen LogP contribution in [0.25, 0.3) is 0 Å². The lowest BCUT2D eigenvalue weighted by molar-refractivity contribution is -0.144. The number of carboxylic acids is 1. The molecule has 2 atom stereocenters. The van der Waals surface area contributed by atoms with E-state index in [1.54, 1.807) is 19.4 Å². The lowest BCUT2D eigenvalue weighted by Crippen LogP contribution is -2.44. The molecule has 2 rings (SSSR count). The topological polar surface area (TPSA) is 80.0 Å². The Hall–Kier alpha value is -1.82. The highest BCUT2D eigenvalue weighted by molar-refractivity contribution is 5.78. The molecule has 19 heavy (non-hydrogen) atoms. The first-order valence-corrected chi connectivity index (χ1v) is 6.18. The van der Waals surface area contributed by atoms with Gasteiger partial charge >= 0.3 is 5.97 Å². The Morgan fingerprint density at radius 3 is 2.89 bits per heavy atom. The maximum absolute atomic E-state index is 12.0. The summed E-state index contributed by atoms with van der Waals surface area (Å²) in [5.41, 5.74) is 0. The number of hydrogen-bond acceptors (Lipinski definition) is 4. The molecule has 1 aromatic rings. The average Bonchev–Trinajstić information content (AvgIpc) is 3.05. The van der Waals surface area contributed by atoms with Crippen LogP contribution in [-0.4, -0.2) is 48.2 Å². The SMILES string of the molecule is CN(C(=O)CCc1ccco1)C1COCC1C(=O)O. The van der Waals surface area contributed by atoms with Crippen molar-refractivity contribution in [2.24, 2.45) is 5.92 Å². The van der Waals surface area contributed by atoms with Crippen LogP contribution in [0.3, 0.4) is 0 Å². The fourth-order valence-corrected chi connectivity index (χ4v) is 2.21. The third kappa shape index (κ3) is 3.14. The zero-order chi connectivity index (χ0) is 13.8. The minimum atomic E-state index is -0.923. The number of aryl methyl sites for hydroxylation is 1. The number of hydrogen-bond donors (Lipinski definition) is 1. The van der Waals surface area contributed by atoms with Crippen LogP contribution < -0.4 is 0 Å². The van der Waals surface area contributed by atoms with Gasteiger partial charge in [0, 0.05) is 19.9 Å². The quantitative estimate of drug-likeness (QED) is 0.852. The zero-order valence-electron chi connectivity index (χ0n) is 10.7. The van der Waals surface area contributed by atoms with Gasteiger partial charge in [-0.2, -0.15) is 0 Å². The van der Waals surface area contributed by atoms with Crippen LogP contribution in [0.2, 0.25) is 0 Å². The van der Waals surface area contributed by atoms with E-state index >= 15 is 0 Å². The van der Waals surface area contributed by atoms with Crippen LogP contribution in [0, 0.1) is 5.92 Å². The van der Waals surface area contributed by atoms with Crippen LogP contribution in [-0.2, 0) is 20.7 Å². The predicted molar refractivity (Wildman–Crippen MR) is 65.5 cm³/mol. The number of likely N-dealkylation sites (N-methyl/N-ethyl adjacent to an activating group) is 1. The van der Waals surface area contributed by atoms with Crippen molar-refractivity contribution >= 4 is 11.9 Å². The van der Waals surface area contributed by atoms with E-state index in [-0.39, 0.29) is 25.2 Å². The van der Waals surface area contributed by atoms with Gasteiger partial charge in [0.05, 0.1) is 25.5 Å². The second-order valence-corrected chi connectivity index (χ2v) is 4.63. The standard InChI is InChI=1S/C13H17NO5/c1-14(11-8-18-7-10(11)13(16)17)12(15)5-4-9-3-2-6-19-9/h2-3,6,10-11H,4-5,7-8H2,1H3,(H,16,17). The minimum Gasteiger partial charge on any atom is -0.481 e. The molecule has 6 nitrogen and oxygen atoms in total.